The molecule has 0 spiro atoms. The molecule has 128 valence electrons. The van der Waals surface area contributed by atoms with Crippen LogP contribution in [0.2, 0.25) is 0 Å². The van der Waals surface area contributed by atoms with Crippen molar-refractivity contribution in [2.45, 2.75) is 32.2 Å². The monoisotopic (exact) mass is 330 g/mol. The van der Waals surface area contributed by atoms with E-state index in [0.29, 0.717) is 13.0 Å². The number of benzene rings is 1. The van der Waals surface area contributed by atoms with Gasteiger partial charge in [0.05, 0.1) is 0 Å². The van der Waals surface area contributed by atoms with Crippen LogP contribution in [-0.4, -0.2) is 41.9 Å². The number of nitrogens with zero attached hydrogens (tertiary/aromatic N) is 1. The lowest BCUT2D eigenvalue weighted by Crippen LogP contribution is -2.51. The Balaban J connectivity index is 1.88. The van der Waals surface area contributed by atoms with Crippen molar-refractivity contribution in [3.05, 3.63) is 41.5 Å². The summed E-state index contributed by atoms with van der Waals surface area (Å²) in [7, 11) is 0. The molecule has 1 atom stereocenters. The van der Waals surface area contributed by atoms with Gasteiger partial charge in [-0.05, 0) is 43.4 Å². The van der Waals surface area contributed by atoms with Crippen molar-refractivity contribution in [2.75, 3.05) is 13.2 Å². The molecule has 2 rings (SSSR count). The minimum Gasteiger partial charge on any atom is -0.452 e. The maximum Gasteiger partial charge on any atom is 0.331 e. The largest absolute Gasteiger partial charge is 0.452 e. The molecule has 6 nitrogen and oxygen atoms in total. The summed E-state index contributed by atoms with van der Waals surface area (Å²) < 4.78 is 4.98. The molecule has 0 aliphatic carbocycles. The predicted octanol–water partition coefficient (Wildman–Crippen LogP) is 1.42. The number of likely N-dealkylation sites (tertiary alicyclic amines) is 1. The quantitative estimate of drug-likeness (QED) is 0.653. The molecular formula is C18H22N2O4. The van der Waals surface area contributed by atoms with Gasteiger partial charge in [0.2, 0.25) is 5.91 Å². The highest BCUT2D eigenvalue weighted by Crippen LogP contribution is 2.17. The fourth-order valence-electron chi connectivity index (χ4n) is 2.72. The van der Waals surface area contributed by atoms with E-state index in [1.807, 2.05) is 31.2 Å². The summed E-state index contributed by atoms with van der Waals surface area (Å²) in [5.41, 5.74) is 7.27. The topological polar surface area (TPSA) is 89.7 Å². The molecule has 0 saturated carbocycles. The average molecular weight is 330 g/mol. The van der Waals surface area contributed by atoms with Gasteiger partial charge in [-0.1, -0.05) is 24.3 Å². The molecule has 0 radical (unpaired) electrons. The second-order valence-electron chi connectivity index (χ2n) is 5.80. The van der Waals surface area contributed by atoms with Gasteiger partial charge in [-0.2, -0.15) is 0 Å². The van der Waals surface area contributed by atoms with Crippen LogP contribution >= 0.6 is 0 Å². The molecule has 1 aromatic carbocycles. The summed E-state index contributed by atoms with van der Waals surface area (Å²) >= 11 is 0. The molecule has 1 saturated heterocycles. The molecule has 1 aliphatic rings. The fourth-order valence-corrected chi connectivity index (χ4v) is 2.72. The summed E-state index contributed by atoms with van der Waals surface area (Å²) in [6.45, 7) is 2.01. The third-order valence-corrected chi connectivity index (χ3v) is 4.08. The molecular weight excluding hydrogens is 308 g/mol. The number of nitrogens with two attached hydrogens (primary N) is 1. The van der Waals surface area contributed by atoms with Crippen molar-refractivity contribution in [2.24, 2.45) is 5.73 Å². The molecule has 2 N–H and O–H groups in total. The Hall–Kier alpha value is -2.63. The lowest BCUT2D eigenvalue weighted by molar-refractivity contribution is -0.151. The van der Waals surface area contributed by atoms with Gasteiger partial charge in [0.15, 0.2) is 6.61 Å². The summed E-state index contributed by atoms with van der Waals surface area (Å²) in [5, 5.41) is 0. The van der Waals surface area contributed by atoms with Gasteiger partial charge >= 0.3 is 5.97 Å². The smallest absolute Gasteiger partial charge is 0.331 e. The van der Waals surface area contributed by atoms with E-state index in [2.05, 4.69) is 0 Å². The van der Waals surface area contributed by atoms with E-state index in [1.165, 1.54) is 11.0 Å². The highest BCUT2D eigenvalue weighted by atomic mass is 16.5. The molecule has 1 aliphatic heterocycles. The van der Waals surface area contributed by atoms with E-state index in [9.17, 15) is 14.4 Å². The summed E-state index contributed by atoms with van der Waals surface area (Å²) in [6.07, 6.45) is 5.17. The van der Waals surface area contributed by atoms with Crippen molar-refractivity contribution < 1.29 is 19.1 Å². The van der Waals surface area contributed by atoms with Crippen LogP contribution in [0, 0.1) is 6.92 Å². The Bertz CT molecular complexity index is 654. The number of carbonyl (C=O) groups excluding carboxylic acids is 3. The fraction of sp³-hybridized carbons (Fsp3) is 0.389. The lowest BCUT2D eigenvalue weighted by atomic mass is 10.0. The van der Waals surface area contributed by atoms with E-state index in [1.54, 1.807) is 6.08 Å². The van der Waals surface area contributed by atoms with Gasteiger partial charge < -0.3 is 15.4 Å². The minimum atomic E-state index is -0.604. The van der Waals surface area contributed by atoms with E-state index in [0.717, 1.165) is 24.0 Å². The van der Waals surface area contributed by atoms with Crippen molar-refractivity contribution in [1.82, 2.24) is 4.90 Å². The maximum atomic E-state index is 12.2. The SMILES string of the molecule is Cc1ccccc1/C=C/C(=O)OCC(=O)N1CCCC[C@@H]1C(N)=O. The zero-order valence-corrected chi connectivity index (χ0v) is 13.7. The highest BCUT2D eigenvalue weighted by Gasteiger charge is 2.30. The highest BCUT2D eigenvalue weighted by molar-refractivity contribution is 5.91. The number of carbonyl (C=O) groups is 3. The number of hydrogen-bond donors (Lipinski definition) is 1. The molecule has 0 unspecified atom stereocenters. The zero-order chi connectivity index (χ0) is 17.5. The molecule has 1 aromatic rings. The van der Waals surface area contributed by atoms with Crippen molar-refractivity contribution in [1.29, 1.82) is 0 Å². The summed E-state index contributed by atoms with van der Waals surface area (Å²) in [5.74, 6) is -1.51. The van der Waals surface area contributed by atoms with Gasteiger partial charge in [0.1, 0.15) is 6.04 Å². The van der Waals surface area contributed by atoms with Crippen LogP contribution in [0.1, 0.15) is 30.4 Å². The number of rotatable bonds is 5. The second kappa shape index (κ2) is 8.29. The first-order valence-corrected chi connectivity index (χ1v) is 7.98. The molecule has 1 fully saturated rings. The number of amides is 2. The normalized spacial score (nSPS) is 17.7. The molecule has 2 amide bonds. The first-order valence-electron chi connectivity index (χ1n) is 7.98. The van der Waals surface area contributed by atoms with Gasteiger partial charge in [-0.3, -0.25) is 9.59 Å². The Morgan fingerprint density at radius 3 is 2.75 bits per heavy atom. The number of esters is 1. The van der Waals surface area contributed by atoms with Gasteiger partial charge in [0.25, 0.3) is 5.91 Å². The third-order valence-electron chi connectivity index (χ3n) is 4.08. The maximum absolute atomic E-state index is 12.2. The Morgan fingerprint density at radius 1 is 1.29 bits per heavy atom. The Labute approximate surface area is 141 Å². The summed E-state index contributed by atoms with van der Waals surface area (Å²) in [4.78, 5) is 36.7. The van der Waals surface area contributed by atoms with E-state index in [4.69, 9.17) is 10.5 Å². The predicted molar refractivity (Wildman–Crippen MR) is 89.7 cm³/mol. The number of aryl methyl sites for hydroxylation is 1. The molecule has 0 bridgehead atoms. The van der Waals surface area contributed by atoms with Crippen LogP contribution in [0.5, 0.6) is 0 Å². The number of piperidine rings is 1. The van der Waals surface area contributed by atoms with E-state index < -0.39 is 23.8 Å². The minimum absolute atomic E-state index is 0.388. The molecule has 24 heavy (non-hydrogen) atoms. The van der Waals surface area contributed by atoms with Crippen LogP contribution < -0.4 is 5.73 Å². The first kappa shape index (κ1) is 17.7. The van der Waals surface area contributed by atoms with E-state index in [-0.39, 0.29) is 6.61 Å². The van der Waals surface area contributed by atoms with Crippen LogP contribution in [0.4, 0.5) is 0 Å². The van der Waals surface area contributed by atoms with Gasteiger partial charge in [-0.15, -0.1) is 0 Å². The van der Waals surface area contributed by atoms with Crippen molar-refractivity contribution in [3.63, 3.8) is 0 Å². The van der Waals surface area contributed by atoms with Crippen molar-refractivity contribution in [3.8, 4) is 0 Å². The second-order valence-corrected chi connectivity index (χ2v) is 5.80. The van der Waals surface area contributed by atoms with Crippen LogP contribution in [0.25, 0.3) is 6.08 Å². The van der Waals surface area contributed by atoms with Crippen LogP contribution in [0.15, 0.2) is 30.3 Å². The molecule has 6 heteroatoms. The van der Waals surface area contributed by atoms with Crippen LogP contribution in [-0.2, 0) is 19.1 Å². The number of primary amides is 1. The molecule has 1 heterocycles. The Kier molecular flexibility index (Phi) is 6.12. The standard InChI is InChI=1S/C18H22N2O4/c1-13-6-2-3-7-14(13)9-10-17(22)24-12-16(21)20-11-5-4-8-15(20)18(19)23/h2-3,6-7,9-10,15H,4-5,8,11-12H2,1H3,(H2,19,23)/b10-9+/t15-/m1/s1. The van der Waals surface area contributed by atoms with Crippen LogP contribution in [0.3, 0.4) is 0 Å². The van der Waals surface area contributed by atoms with Gasteiger partial charge in [-0.25, -0.2) is 4.79 Å². The lowest BCUT2D eigenvalue weighted by Gasteiger charge is -2.33. The average Bonchev–Trinajstić information content (AvgIpc) is 2.59. The number of ether oxygens (including phenoxy) is 1. The molecule has 0 aromatic heterocycles. The third kappa shape index (κ3) is 4.68. The van der Waals surface area contributed by atoms with Gasteiger partial charge in [0, 0.05) is 12.6 Å². The zero-order valence-electron chi connectivity index (χ0n) is 13.7. The first-order chi connectivity index (χ1) is 11.5. The number of hydrogen-bond acceptors (Lipinski definition) is 4. The Morgan fingerprint density at radius 2 is 2.04 bits per heavy atom. The van der Waals surface area contributed by atoms with Crippen molar-refractivity contribution >= 4 is 23.9 Å². The van der Waals surface area contributed by atoms with E-state index >= 15 is 0 Å². The summed E-state index contributed by atoms with van der Waals surface area (Å²) in [6, 6.07) is 7.01.